The molecule has 0 aliphatic carbocycles. The summed E-state index contributed by atoms with van der Waals surface area (Å²) in [6.07, 6.45) is 0. The Morgan fingerprint density at radius 3 is 2.50 bits per heavy atom. The molecule has 0 bridgehead atoms. The standard InChI is InChI=1S/C24H25F2N7O4S/c1-5-38(35,36)32-16-7-9-21(37-22-8-6-15(25)10-18(22)26)17(11-16)19-12-20(28-24(34)27-13(2)3)23-30-29-14(4)33(23)31-19/h6-13,32H,5H2,1-4H3,(H2,27,28,34). The van der Waals surface area contributed by atoms with E-state index in [1.165, 1.54) is 35.7 Å². The molecule has 0 spiro atoms. The van der Waals surface area contributed by atoms with Crippen LogP contribution in [0.5, 0.6) is 11.5 Å². The van der Waals surface area contributed by atoms with Crippen molar-refractivity contribution in [1.82, 2.24) is 25.1 Å². The number of hydrogen-bond donors (Lipinski definition) is 3. The van der Waals surface area contributed by atoms with Gasteiger partial charge in [-0.2, -0.15) is 9.61 Å². The molecule has 200 valence electrons. The van der Waals surface area contributed by atoms with E-state index in [0.29, 0.717) is 11.9 Å². The van der Waals surface area contributed by atoms with Crippen LogP contribution in [0.15, 0.2) is 42.5 Å². The number of nitrogens with one attached hydrogen (secondary N) is 3. The van der Waals surface area contributed by atoms with Crippen LogP contribution in [0.4, 0.5) is 25.0 Å². The summed E-state index contributed by atoms with van der Waals surface area (Å²) in [6.45, 7) is 6.75. The van der Waals surface area contributed by atoms with E-state index in [1.807, 2.05) is 0 Å². The molecule has 0 atom stereocenters. The number of carbonyl (C=O) groups excluding carboxylic acids is 1. The molecule has 0 saturated carbocycles. The Balaban J connectivity index is 1.88. The minimum absolute atomic E-state index is 0.0881. The largest absolute Gasteiger partial charge is 0.454 e. The fourth-order valence-corrected chi connectivity index (χ4v) is 4.07. The Kier molecular flexibility index (Phi) is 7.44. The van der Waals surface area contributed by atoms with Crippen LogP contribution in [0.25, 0.3) is 16.9 Å². The van der Waals surface area contributed by atoms with Gasteiger partial charge in [0.2, 0.25) is 15.7 Å². The zero-order valence-electron chi connectivity index (χ0n) is 20.9. The summed E-state index contributed by atoms with van der Waals surface area (Å²) in [5.41, 5.74) is 1.18. The van der Waals surface area contributed by atoms with Gasteiger partial charge in [-0.25, -0.2) is 22.0 Å². The van der Waals surface area contributed by atoms with Crippen molar-refractivity contribution in [3.63, 3.8) is 0 Å². The number of urea groups is 1. The summed E-state index contributed by atoms with van der Waals surface area (Å²) in [4.78, 5) is 12.5. The van der Waals surface area contributed by atoms with Crippen molar-refractivity contribution in [2.45, 2.75) is 33.7 Å². The number of nitrogens with zero attached hydrogens (tertiary/aromatic N) is 4. The van der Waals surface area contributed by atoms with E-state index < -0.39 is 27.7 Å². The molecule has 4 aromatic rings. The van der Waals surface area contributed by atoms with Gasteiger partial charge in [0.25, 0.3) is 0 Å². The third-order valence-electron chi connectivity index (χ3n) is 5.22. The number of amides is 2. The first-order valence-electron chi connectivity index (χ1n) is 11.5. The van der Waals surface area contributed by atoms with Gasteiger partial charge in [0, 0.05) is 23.4 Å². The molecule has 0 unspecified atom stereocenters. The van der Waals surface area contributed by atoms with Gasteiger partial charge in [-0.1, -0.05) is 0 Å². The molecule has 2 aromatic heterocycles. The van der Waals surface area contributed by atoms with Gasteiger partial charge in [-0.15, -0.1) is 10.2 Å². The number of anilines is 2. The van der Waals surface area contributed by atoms with E-state index in [0.717, 1.165) is 12.1 Å². The van der Waals surface area contributed by atoms with Gasteiger partial charge in [0.1, 0.15) is 11.6 Å². The highest BCUT2D eigenvalue weighted by Gasteiger charge is 2.19. The van der Waals surface area contributed by atoms with Crippen LogP contribution in [-0.2, 0) is 10.0 Å². The molecule has 38 heavy (non-hydrogen) atoms. The summed E-state index contributed by atoms with van der Waals surface area (Å²) in [5, 5.41) is 18.1. The van der Waals surface area contributed by atoms with Crippen molar-refractivity contribution >= 4 is 33.1 Å². The topological polar surface area (TPSA) is 140 Å². The molecule has 2 aromatic carbocycles. The second-order valence-corrected chi connectivity index (χ2v) is 10.6. The molecule has 3 N–H and O–H groups in total. The molecular formula is C24H25F2N7O4S. The second kappa shape index (κ2) is 10.6. The molecule has 14 heteroatoms. The Morgan fingerprint density at radius 2 is 1.82 bits per heavy atom. The number of aryl methyl sites for hydroxylation is 1. The van der Waals surface area contributed by atoms with Crippen LogP contribution >= 0.6 is 0 Å². The van der Waals surface area contributed by atoms with Crippen LogP contribution in [-0.4, -0.2) is 46.1 Å². The molecule has 2 heterocycles. The van der Waals surface area contributed by atoms with Gasteiger partial charge in [-0.3, -0.25) is 4.72 Å². The monoisotopic (exact) mass is 545 g/mol. The highest BCUT2D eigenvalue weighted by molar-refractivity contribution is 7.92. The number of rotatable bonds is 8. The number of halogens is 2. The fraction of sp³-hybridized carbons (Fsp3) is 0.250. The first-order chi connectivity index (χ1) is 18.0. The van der Waals surface area contributed by atoms with E-state index in [-0.39, 0.29) is 51.6 Å². The summed E-state index contributed by atoms with van der Waals surface area (Å²) in [6, 6.07) is 8.04. The van der Waals surface area contributed by atoms with Crippen molar-refractivity contribution < 1.29 is 26.7 Å². The van der Waals surface area contributed by atoms with Gasteiger partial charge >= 0.3 is 6.03 Å². The van der Waals surface area contributed by atoms with Gasteiger partial charge in [0.15, 0.2) is 17.4 Å². The lowest BCUT2D eigenvalue weighted by molar-refractivity contribution is 0.250. The minimum atomic E-state index is -3.63. The second-order valence-electron chi connectivity index (χ2n) is 8.57. The Hall–Kier alpha value is -4.33. The molecule has 0 aliphatic heterocycles. The number of carbonyl (C=O) groups is 1. The van der Waals surface area contributed by atoms with Crippen molar-refractivity contribution in [3.8, 4) is 22.8 Å². The Labute approximate surface area is 217 Å². The molecule has 11 nitrogen and oxygen atoms in total. The number of hydrogen-bond acceptors (Lipinski definition) is 7. The normalized spacial score (nSPS) is 11.6. The van der Waals surface area contributed by atoms with Gasteiger partial charge in [-0.05, 0) is 64.1 Å². The van der Waals surface area contributed by atoms with Crippen LogP contribution in [0.2, 0.25) is 0 Å². The molecule has 0 radical (unpaired) electrons. The third-order valence-corrected chi connectivity index (χ3v) is 6.52. The summed E-state index contributed by atoms with van der Waals surface area (Å²) < 4.78 is 61.8. The molecular weight excluding hydrogens is 520 g/mol. The van der Waals surface area contributed by atoms with Crippen LogP contribution in [0.3, 0.4) is 0 Å². The molecule has 4 rings (SSSR count). The van der Waals surface area contributed by atoms with Crippen LogP contribution in [0.1, 0.15) is 26.6 Å². The number of aromatic nitrogens is 4. The quantitative estimate of drug-likeness (QED) is 0.297. The molecule has 0 aliphatic rings. The summed E-state index contributed by atoms with van der Waals surface area (Å²) in [5.74, 6) is -1.63. The van der Waals surface area contributed by atoms with E-state index in [1.54, 1.807) is 20.8 Å². The smallest absolute Gasteiger partial charge is 0.319 e. The average Bonchev–Trinajstić information content (AvgIpc) is 3.22. The van der Waals surface area contributed by atoms with Crippen molar-refractivity contribution in [2.24, 2.45) is 0 Å². The predicted octanol–water partition coefficient (Wildman–Crippen LogP) is 4.46. The number of fused-ring (bicyclic) bond motifs is 1. The molecule has 0 fully saturated rings. The average molecular weight is 546 g/mol. The van der Waals surface area contributed by atoms with Crippen molar-refractivity contribution in [3.05, 3.63) is 59.9 Å². The maximum absolute atomic E-state index is 14.4. The first kappa shape index (κ1) is 26.7. The number of ether oxygens (including phenoxy) is 1. The van der Waals surface area contributed by atoms with E-state index in [2.05, 4.69) is 30.7 Å². The zero-order chi connectivity index (χ0) is 27.6. The Bertz CT molecular complexity index is 1620. The summed E-state index contributed by atoms with van der Waals surface area (Å²) in [7, 11) is -3.63. The van der Waals surface area contributed by atoms with Crippen LogP contribution in [0, 0.1) is 18.6 Å². The lowest BCUT2D eigenvalue weighted by Gasteiger charge is -2.16. The number of benzene rings is 2. The minimum Gasteiger partial charge on any atom is -0.454 e. The van der Waals surface area contributed by atoms with Crippen molar-refractivity contribution in [1.29, 1.82) is 0 Å². The van der Waals surface area contributed by atoms with Gasteiger partial charge in [0.05, 0.1) is 17.1 Å². The van der Waals surface area contributed by atoms with Gasteiger partial charge < -0.3 is 15.4 Å². The maximum Gasteiger partial charge on any atom is 0.319 e. The van der Waals surface area contributed by atoms with E-state index in [9.17, 15) is 22.0 Å². The summed E-state index contributed by atoms with van der Waals surface area (Å²) >= 11 is 0. The van der Waals surface area contributed by atoms with E-state index in [4.69, 9.17) is 4.74 Å². The maximum atomic E-state index is 14.4. The van der Waals surface area contributed by atoms with E-state index >= 15 is 0 Å². The zero-order valence-corrected chi connectivity index (χ0v) is 21.7. The van der Waals surface area contributed by atoms with Crippen LogP contribution < -0.4 is 20.1 Å². The SMILES string of the molecule is CCS(=O)(=O)Nc1ccc(Oc2ccc(F)cc2F)c(-c2cc(NC(=O)NC(C)C)c3nnc(C)n3n2)c1. The number of sulfonamides is 1. The highest BCUT2D eigenvalue weighted by atomic mass is 32.2. The Morgan fingerprint density at radius 1 is 1.08 bits per heavy atom. The lowest BCUT2D eigenvalue weighted by Crippen LogP contribution is -2.34. The predicted molar refractivity (Wildman–Crippen MR) is 138 cm³/mol. The fourth-order valence-electron chi connectivity index (χ4n) is 3.44. The highest BCUT2D eigenvalue weighted by Crippen LogP contribution is 2.37. The third kappa shape index (κ3) is 5.96. The molecule has 0 saturated heterocycles. The molecule has 2 amide bonds. The van der Waals surface area contributed by atoms with Crippen molar-refractivity contribution in [2.75, 3.05) is 15.8 Å². The lowest BCUT2D eigenvalue weighted by atomic mass is 10.1. The first-order valence-corrected chi connectivity index (χ1v) is 13.2.